The van der Waals surface area contributed by atoms with Gasteiger partial charge < -0.3 is 9.64 Å². The van der Waals surface area contributed by atoms with Crippen molar-refractivity contribution < 1.29 is 19.1 Å². The quantitative estimate of drug-likeness (QED) is 0.628. The number of amides is 3. The molecular formula is C25H30N2O4. The van der Waals surface area contributed by atoms with Crippen molar-refractivity contribution in [2.45, 2.75) is 53.1 Å². The van der Waals surface area contributed by atoms with E-state index in [9.17, 15) is 14.4 Å². The molecule has 1 atom stereocenters. The minimum Gasteiger partial charge on any atom is -0.494 e. The number of rotatable bonds is 7. The van der Waals surface area contributed by atoms with E-state index in [-0.39, 0.29) is 36.1 Å². The standard InChI is InChI=1S/C25H30N2O4/c1-5-31-20-13-11-19(12-14-20)27-22(28)15-21(24(27)30)26(23(29)16-25(2,3)4)17-18-9-7-6-8-10-18/h6-14,21H,5,15-17H2,1-4H3. The maximum Gasteiger partial charge on any atom is 0.257 e. The molecule has 1 heterocycles. The predicted octanol–water partition coefficient (Wildman–Crippen LogP) is 4.18. The molecule has 6 nitrogen and oxygen atoms in total. The average molecular weight is 423 g/mol. The molecule has 1 unspecified atom stereocenters. The number of imide groups is 1. The van der Waals surface area contributed by atoms with Crippen molar-refractivity contribution in [2.75, 3.05) is 11.5 Å². The van der Waals surface area contributed by atoms with E-state index < -0.39 is 6.04 Å². The van der Waals surface area contributed by atoms with Crippen LogP contribution in [0.4, 0.5) is 5.69 Å². The van der Waals surface area contributed by atoms with Crippen LogP contribution in [0.5, 0.6) is 5.75 Å². The molecule has 0 aromatic heterocycles. The van der Waals surface area contributed by atoms with Crippen molar-refractivity contribution in [3.8, 4) is 5.75 Å². The zero-order valence-electron chi connectivity index (χ0n) is 18.6. The summed E-state index contributed by atoms with van der Waals surface area (Å²) in [5, 5.41) is 0. The monoisotopic (exact) mass is 422 g/mol. The Morgan fingerprint density at radius 2 is 1.71 bits per heavy atom. The number of anilines is 1. The Labute approximate surface area is 183 Å². The summed E-state index contributed by atoms with van der Waals surface area (Å²) in [5.41, 5.74) is 1.18. The lowest BCUT2D eigenvalue weighted by Crippen LogP contribution is -2.46. The number of hydrogen-bond donors (Lipinski definition) is 0. The molecule has 1 saturated heterocycles. The first-order chi connectivity index (χ1) is 14.7. The molecule has 0 spiro atoms. The molecule has 1 aliphatic rings. The van der Waals surface area contributed by atoms with Crippen molar-refractivity contribution in [3.63, 3.8) is 0 Å². The third kappa shape index (κ3) is 5.51. The summed E-state index contributed by atoms with van der Waals surface area (Å²) in [6.45, 7) is 8.67. The van der Waals surface area contributed by atoms with E-state index >= 15 is 0 Å². The lowest BCUT2D eigenvalue weighted by Gasteiger charge is -2.30. The van der Waals surface area contributed by atoms with Crippen molar-refractivity contribution in [2.24, 2.45) is 5.41 Å². The van der Waals surface area contributed by atoms with Gasteiger partial charge in [0.05, 0.1) is 18.7 Å². The van der Waals surface area contributed by atoms with Crippen LogP contribution in [0, 0.1) is 5.41 Å². The first-order valence-corrected chi connectivity index (χ1v) is 10.6. The van der Waals surface area contributed by atoms with Gasteiger partial charge in [-0.15, -0.1) is 0 Å². The van der Waals surface area contributed by atoms with E-state index in [1.54, 1.807) is 29.2 Å². The van der Waals surface area contributed by atoms with Crippen molar-refractivity contribution >= 4 is 23.4 Å². The molecule has 2 aromatic rings. The summed E-state index contributed by atoms with van der Waals surface area (Å²) in [5.74, 6) is -0.128. The van der Waals surface area contributed by atoms with Gasteiger partial charge in [-0.25, -0.2) is 4.90 Å². The van der Waals surface area contributed by atoms with Crippen LogP contribution >= 0.6 is 0 Å². The number of carbonyl (C=O) groups excluding carboxylic acids is 3. The summed E-state index contributed by atoms with van der Waals surface area (Å²) in [4.78, 5) is 42.1. The molecule has 1 aliphatic heterocycles. The molecule has 164 valence electrons. The second-order valence-electron chi connectivity index (χ2n) is 8.96. The van der Waals surface area contributed by atoms with Crippen LogP contribution in [0.3, 0.4) is 0 Å². The second kappa shape index (κ2) is 9.33. The molecule has 3 amide bonds. The van der Waals surface area contributed by atoms with Gasteiger partial charge in [0.15, 0.2) is 0 Å². The summed E-state index contributed by atoms with van der Waals surface area (Å²) in [7, 11) is 0. The highest BCUT2D eigenvalue weighted by atomic mass is 16.5. The van der Waals surface area contributed by atoms with Gasteiger partial charge in [-0.2, -0.15) is 0 Å². The fourth-order valence-electron chi connectivity index (χ4n) is 3.70. The first kappa shape index (κ1) is 22.5. The highest BCUT2D eigenvalue weighted by molar-refractivity contribution is 6.23. The molecule has 3 rings (SSSR count). The average Bonchev–Trinajstić information content (AvgIpc) is 3.00. The van der Waals surface area contributed by atoms with Crippen LogP contribution in [-0.4, -0.2) is 35.3 Å². The maximum atomic E-state index is 13.3. The second-order valence-corrected chi connectivity index (χ2v) is 8.96. The zero-order valence-corrected chi connectivity index (χ0v) is 18.6. The van der Waals surface area contributed by atoms with Crippen LogP contribution in [0.15, 0.2) is 54.6 Å². The van der Waals surface area contributed by atoms with E-state index in [0.717, 1.165) is 5.56 Å². The summed E-state index contributed by atoms with van der Waals surface area (Å²) in [6.07, 6.45) is 0.273. The number of benzene rings is 2. The van der Waals surface area contributed by atoms with Crippen molar-refractivity contribution in [1.82, 2.24) is 4.90 Å². The van der Waals surface area contributed by atoms with Crippen molar-refractivity contribution in [1.29, 1.82) is 0 Å². The van der Waals surface area contributed by atoms with Gasteiger partial charge in [-0.3, -0.25) is 14.4 Å². The molecular weight excluding hydrogens is 392 g/mol. The smallest absolute Gasteiger partial charge is 0.257 e. The van der Waals surface area contributed by atoms with Gasteiger partial charge in [0, 0.05) is 13.0 Å². The minimum absolute atomic E-state index is 0.0191. The summed E-state index contributed by atoms with van der Waals surface area (Å²) in [6, 6.07) is 15.6. The fourth-order valence-corrected chi connectivity index (χ4v) is 3.70. The molecule has 6 heteroatoms. The molecule has 0 aliphatic carbocycles. The van der Waals surface area contributed by atoms with Crippen LogP contribution < -0.4 is 9.64 Å². The van der Waals surface area contributed by atoms with Gasteiger partial charge in [0.2, 0.25) is 11.8 Å². The molecule has 0 N–H and O–H groups in total. The summed E-state index contributed by atoms with van der Waals surface area (Å²) >= 11 is 0. The number of ether oxygens (including phenoxy) is 1. The van der Waals surface area contributed by atoms with E-state index in [4.69, 9.17) is 4.74 Å². The van der Waals surface area contributed by atoms with Crippen LogP contribution in [0.25, 0.3) is 0 Å². The molecule has 0 saturated carbocycles. The minimum atomic E-state index is -0.811. The Kier molecular flexibility index (Phi) is 6.78. The number of carbonyl (C=O) groups is 3. The SMILES string of the molecule is CCOc1ccc(N2C(=O)CC(N(Cc3ccccc3)C(=O)CC(C)(C)C)C2=O)cc1. The van der Waals surface area contributed by atoms with E-state index in [0.29, 0.717) is 24.5 Å². The first-order valence-electron chi connectivity index (χ1n) is 10.6. The largest absolute Gasteiger partial charge is 0.494 e. The van der Waals surface area contributed by atoms with Crippen molar-refractivity contribution in [3.05, 3.63) is 60.2 Å². The Hall–Kier alpha value is -3.15. The lowest BCUT2D eigenvalue weighted by molar-refractivity contribution is -0.140. The lowest BCUT2D eigenvalue weighted by atomic mass is 9.91. The highest BCUT2D eigenvalue weighted by Gasteiger charge is 2.44. The van der Waals surface area contributed by atoms with Crippen LogP contribution in [-0.2, 0) is 20.9 Å². The summed E-state index contributed by atoms with van der Waals surface area (Å²) < 4.78 is 5.44. The molecule has 0 radical (unpaired) electrons. The topological polar surface area (TPSA) is 66.9 Å². The van der Waals surface area contributed by atoms with Crippen LogP contribution in [0.1, 0.15) is 46.1 Å². The third-order valence-corrected chi connectivity index (χ3v) is 5.10. The number of hydrogen-bond acceptors (Lipinski definition) is 4. The molecule has 31 heavy (non-hydrogen) atoms. The number of nitrogens with zero attached hydrogens (tertiary/aromatic N) is 2. The molecule has 1 fully saturated rings. The van der Waals surface area contributed by atoms with E-state index in [1.807, 2.05) is 58.0 Å². The molecule has 0 bridgehead atoms. The van der Waals surface area contributed by atoms with Gasteiger partial charge in [0.1, 0.15) is 11.8 Å². The van der Waals surface area contributed by atoms with Gasteiger partial charge in [-0.05, 0) is 42.2 Å². The van der Waals surface area contributed by atoms with E-state index in [2.05, 4.69) is 0 Å². The predicted molar refractivity (Wildman–Crippen MR) is 120 cm³/mol. The van der Waals surface area contributed by atoms with E-state index in [1.165, 1.54) is 4.90 Å². The highest BCUT2D eigenvalue weighted by Crippen LogP contribution is 2.30. The Balaban J connectivity index is 1.87. The van der Waals surface area contributed by atoms with Gasteiger partial charge in [0.25, 0.3) is 5.91 Å². The van der Waals surface area contributed by atoms with Crippen LogP contribution in [0.2, 0.25) is 0 Å². The third-order valence-electron chi connectivity index (χ3n) is 5.10. The Morgan fingerprint density at radius 1 is 1.06 bits per heavy atom. The normalized spacial score (nSPS) is 16.5. The molecule has 2 aromatic carbocycles. The Morgan fingerprint density at radius 3 is 2.29 bits per heavy atom. The zero-order chi connectivity index (χ0) is 22.6. The van der Waals surface area contributed by atoms with Gasteiger partial charge >= 0.3 is 0 Å². The fraction of sp³-hybridized carbons (Fsp3) is 0.400. The Bertz CT molecular complexity index is 932. The van der Waals surface area contributed by atoms with Gasteiger partial charge in [-0.1, -0.05) is 51.1 Å². The maximum absolute atomic E-state index is 13.3.